The van der Waals surface area contributed by atoms with E-state index in [0.717, 1.165) is 8.04 Å². The second kappa shape index (κ2) is 7.42. The standard InChI is InChI=1S/C16H10BrIN2O2/c17-12-1-6-15(21)10(8-12)7-11(9-19)16(22)20-14-4-2-13(18)3-5-14/h1-8,21H,(H,20,22)/b11-7-. The highest BCUT2D eigenvalue weighted by Crippen LogP contribution is 2.24. The van der Waals surface area contributed by atoms with Crippen molar-refractivity contribution in [3.8, 4) is 11.8 Å². The monoisotopic (exact) mass is 468 g/mol. The molecular weight excluding hydrogens is 459 g/mol. The molecule has 0 saturated heterocycles. The number of carbonyl (C=O) groups is 1. The highest BCUT2D eigenvalue weighted by atomic mass is 127. The summed E-state index contributed by atoms with van der Waals surface area (Å²) in [4.78, 5) is 12.1. The summed E-state index contributed by atoms with van der Waals surface area (Å²) in [5.41, 5.74) is 0.903. The fourth-order valence-electron chi connectivity index (χ4n) is 1.68. The Hall–Kier alpha value is -1.85. The van der Waals surface area contributed by atoms with Crippen LogP contribution in [0.1, 0.15) is 5.56 Å². The molecule has 110 valence electrons. The first-order valence-electron chi connectivity index (χ1n) is 6.17. The molecule has 0 spiro atoms. The molecule has 1 amide bonds. The van der Waals surface area contributed by atoms with Crippen LogP contribution in [0, 0.1) is 14.9 Å². The van der Waals surface area contributed by atoms with Crippen LogP contribution in [0.4, 0.5) is 5.69 Å². The van der Waals surface area contributed by atoms with Crippen molar-refractivity contribution >= 4 is 56.2 Å². The Balaban J connectivity index is 2.25. The molecule has 0 fully saturated rings. The summed E-state index contributed by atoms with van der Waals surface area (Å²) in [5.74, 6) is -0.527. The van der Waals surface area contributed by atoms with Gasteiger partial charge in [0.2, 0.25) is 0 Å². The van der Waals surface area contributed by atoms with Crippen LogP contribution in [0.3, 0.4) is 0 Å². The number of rotatable bonds is 3. The normalized spacial score (nSPS) is 10.9. The van der Waals surface area contributed by atoms with Gasteiger partial charge in [0.05, 0.1) is 0 Å². The van der Waals surface area contributed by atoms with Crippen molar-refractivity contribution in [3.63, 3.8) is 0 Å². The zero-order valence-corrected chi connectivity index (χ0v) is 14.9. The highest BCUT2D eigenvalue weighted by molar-refractivity contribution is 14.1. The Kier molecular flexibility index (Phi) is 5.57. The predicted octanol–water partition coefficient (Wildman–Crippen LogP) is 4.30. The van der Waals surface area contributed by atoms with E-state index < -0.39 is 5.91 Å². The zero-order chi connectivity index (χ0) is 16.1. The lowest BCUT2D eigenvalue weighted by molar-refractivity contribution is -0.112. The first-order valence-corrected chi connectivity index (χ1v) is 8.04. The smallest absolute Gasteiger partial charge is 0.266 e. The lowest BCUT2D eigenvalue weighted by Gasteiger charge is -2.05. The molecule has 22 heavy (non-hydrogen) atoms. The van der Waals surface area contributed by atoms with Crippen molar-refractivity contribution in [2.24, 2.45) is 0 Å². The maximum absolute atomic E-state index is 12.1. The molecule has 6 heteroatoms. The lowest BCUT2D eigenvalue weighted by Crippen LogP contribution is -2.13. The van der Waals surface area contributed by atoms with Crippen molar-refractivity contribution in [1.29, 1.82) is 5.26 Å². The molecule has 0 aromatic heterocycles. The SMILES string of the molecule is N#C/C(=C/c1cc(Br)ccc1O)C(=O)Nc1ccc(I)cc1. The molecular formula is C16H10BrIN2O2. The lowest BCUT2D eigenvalue weighted by atomic mass is 10.1. The summed E-state index contributed by atoms with van der Waals surface area (Å²) in [5, 5.41) is 21.6. The van der Waals surface area contributed by atoms with Crippen LogP contribution in [0.25, 0.3) is 6.08 Å². The van der Waals surface area contributed by atoms with E-state index in [-0.39, 0.29) is 11.3 Å². The number of nitrogens with one attached hydrogen (secondary N) is 1. The fourth-order valence-corrected chi connectivity index (χ4v) is 2.42. The molecule has 4 nitrogen and oxygen atoms in total. The zero-order valence-electron chi connectivity index (χ0n) is 11.2. The third-order valence-corrected chi connectivity index (χ3v) is 3.97. The minimum Gasteiger partial charge on any atom is -0.507 e. The number of aromatic hydroxyl groups is 1. The second-order valence-corrected chi connectivity index (χ2v) is 6.50. The van der Waals surface area contributed by atoms with E-state index in [1.807, 2.05) is 18.2 Å². The quantitative estimate of drug-likeness (QED) is 0.400. The molecule has 2 aromatic rings. The Morgan fingerprint density at radius 2 is 1.95 bits per heavy atom. The van der Waals surface area contributed by atoms with Crippen LogP contribution >= 0.6 is 38.5 Å². The van der Waals surface area contributed by atoms with Gasteiger partial charge in [-0.3, -0.25) is 4.79 Å². The number of nitriles is 1. The number of phenols is 1. The van der Waals surface area contributed by atoms with E-state index in [9.17, 15) is 9.90 Å². The van der Waals surface area contributed by atoms with Gasteiger partial charge in [-0.15, -0.1) is 0 Å². The van der Waals surface area contributed by atoms with E-state index in [2.05, 4.69) is 43.8 Å². The van der Waals surface area contributed by atoms with E-state index in [1.54, 1.807) is 24.3 Å². The number of nitrogens with zero attached hydrogens (tertiary/aromatic N) is 1. The molecule has 0 saturated carbocycles. The Bertz CT molecular complexity index is 780. The molecule has 2 rings (SSSR count). The third-order valence-electron chi connectivity index (χ3n) is 2.76. The van der Waals surface area contributed by atoms with Crippen molar-refractivity contribution in [2.45, 2.75) is 0 Å². The summed E-state index contributed by atoms with van der Waals surface area (Å²) in [6, 6.07) is 13.9. The second-order valence-electron chi connectivity index (χ2n) is 4.33. The van der Waals surface area contributed by atoms with Gasteiger partial charge in [-0.05, 0) is 71.1 Å². The predicted molar refractivity (Wildman–Crippen MR) is 97.2 cm³/mol. The van der Waals surface area contributed by atoms with Crippen LogP contribution < -0.4 is 5.32 Å². The number of hydrogen-bond donors (Lipinski definition) is 2. The Morgan fingerprint density at radius 3 is 2.59 bits per heavy atom. The van der Waals surface area contributed by atoms with Crippen molar-refractivity contribution in [3.05, 3.63) is 61.6 Å². The first-order chi connectivity index (χ1) is 10.5. The van der Waals surface area contributed by atoms with Gasteiger partial charge in [-0.25, -0.2) is 0 Å². The molecule has 0 aliphatic carbocycles. The van der Waals surface area contributed by atoms with Gasteiger partial charge in [0, 0.05) is 19.3 Å². The van der Waals surface area contributed by atoms with Crippen molar-refractivity contribution in [2.75, 3.05) is 5.32 Å². The number of amides is 1. The van der Waals surface area contributed by atoms with Crippen molar-refractivity contribution in [1.82, 2.24) is 0 Å². The van der Waals surface area contributed by atoms with Gasteiger partial charge in [0.1, 0.15) is 17.4 Å². The largest absolute Gasteiger partial charge is 0.507 e. The summed E-state index contributed by atoms with van der Waals surface area (Å²) in [6.07, 6.45) is 1.35. The molecule has 0 atom stereocenters. The molecule has 0 aliphatic rings. The van der Waals surface area contributed by atoms with Gasteiger partial charge in [0.25, 0.3) is 5.91 Å². The van der Waals surface area contributed by atoms with Crippen LogP contribution in [0.5, 0.6) is 5.75 Å². The van der Waals surface area contributed by atoms with Gasteiger partial charge < -0.3 is 10.4 Å². The number of anilines is 1. The molecule has 0 aliphatic heterocycles. The maximum Gasteiger partial charge on any atom is 0.266 e. The van der Waals surface area contributed by atoms with E-state index in [0.29, 0.717) is 11.3 Å². The molecule has 0 radical (unpaired) electrons. The maximum atomic E-state index is 12.1. The van der Waals surface area contributed by atoms with Crippen LogP contribution in [-0.4, -0.2) is 11.0 Å². The highest BCUT2D eigenvalue weighted by Gasteiger charge is 2.11. The average molecular weight is 469 g/mol. The summed E-state index contributed by atoms with van der Waals surface area (Å²) in [6.45, 7) is 0. The fraction of sp³-hybridized carbons (Fsp3) is 0. The Morgan fingerprint density at radius 1 is 1.27 bits per heavy atom. The number of benzene rings is 2. The Labute approximate surface area is 149 Å². The van der Waals surface area contributed by atoms with E-state index in [1.165, 1.54) is 12.1 Å². The van der Waals surface area contributed by atoms with E-state index in [4.69, 9.17) is 5.26 Å². The first kappa shape index (κ1) is 16.5. The summed E-state index contributed by atoms with van der Waals surface area (Å²) in [7, 11) is 0. The topological polar surface area (TPSA) is 73.1 Å². The number of phenolic OH excluding ortho intramolecular Hbond substituents is 1. The molecule has 0 heterocycles. The van der Waals surface area contributed by atoms with Gasteiger partial charge in [-0.2, -0.15) is 5.26 Å². The van der Waals surface area contributed by atoms with Crippen LogP contribution in [-0.2, 0) is 4.79 Å². The number of hydrogen-bond acceptors (Lipinski definition) is 3. The number of carbonyl (C=O) groups excluding carboxylic acids is 1. The van der Waals surface area contributed by atoms with Gasteiger partial charge in [0.15, 0.2) is 0 Å². The molecule has 2 N–H and O–H groups in total. The van der Waals surface area contributed by atoms with Crippen LogP contribution in [0.2, 0.25) is 0 Å². The summed E-state index contributed by atoms with van der Waals surface area (Å²) < 4.78 is 1.79. The van der Waals surface area contributed by atoms with Crippen molar-refractivity contribution < 1.29 is 9.90 Å². The minimum atomic E-state index is -0.525. The van der Waals surface area contributed by atoms with Gasteiger partial charge >= 0.3 is 0 Å². The molecule has 0 unspecified atom stereocenters. The van der Waals surface area contributed by atoms with Crippen LogP contribution in [0.15, 0.2) is 52.5 Å². The van der Waals surface area contributed by atoms with E-state index >= 15 is 0 Å². The minimum absolute atomic E-state index is 0.00184. The van der Waals surface area contributed by atoms with Gasteiger partial charge in [-0.1, -0.05) is 15.9 Å². The molecule has 2 aromatic carbocycles. The number of halogens is 2. The molecule has 0 bridgehead atoms. The average Bonchev–Trinajstić information content (AvgIpc) is 2.50. The third kappa shape index (κ3) is 4.32. The summed E-state index contributed by atoms with van der Waals surface area (Å²) >= 11 is 5.45.